The second-order valence-electron chi connectivity index (χ2n) is 7.06. The Balaban J connectivity index is 2.79. The van der Waals surface area contributed by atoms with E-state index in [-0.39, 0.29) is 0 Å². The molecule has 1 rings (SSSR count). The van der Waals surface area contributed by atoms with Crippen molar-refractivity contribution in [3.8, 4) is 5.75 Å². The summed E-state index contributed by atoms with van der Waals surface area (Å²) in [6.07, 6.45) is 14.3. The summed E-state index contributed by atoms with van der Waals surface area (Å²) in [6.45, 7) is 6.84. The summed E-state index contributed by atoms with van der Waals surface area (Å²) in [5.41, 5.74) is 1.19. The first-order valence-electron chi connectivity index (χ1n) is 10.0. The molecule has 1 N–H and O–H groups in total. The van der Waals surface area contributed by atoms with Crippen molar-refractivity contribution in [2.75, 3.05) is 0 Å². The Morgan fingerprint density at radius 2 is 1.43 bits per heavy atom. The zero-order valence-electron chi connectivity index (χ0n) is 15.7. The van der Waals surface area contributed by atoms with E-state index < -0.39 is 0 Å². The molecule has 0 saturated carbocycles. The highest BCUT2D eigenvalue weighted by molar-refractivity contribution is 5.35. The average molecular weight is 319 g/mol. The van der Waals surface area contributed by atoms with Crippen LogP contribution in [0.25, 0.3) is 0 Å². The minimum atomic E-state index is 0.503. The Morgan fingerprint density at radius 3 is 2.09 bits per heavy atom. The fraction of sp³-hybridized carbons (Fsp3) is 0.727. The van der Waals surface area contributed by atoms with Crippen molar-refractivity contribution in [1.82, 2.24) is 0 Å². The third-order valence-corrected chi connectivity index (χ3v) is 5.11. The van der Waals surface area contributed by atoms with Gasteiger partial charge in [0.25, 0.3) is 0 Å². The Kier molecular flexibility index (Phi) is 10.9. The van der Waals surface area contributed by atoms with E-state index in [2.05, 4.69) is 32.9 Å². The van der Waals surface area contributed by atoms with Crippen LogP contribution in [-0.2, 0) is 0 Å². The summed E-state index contributed by atoms with van der Waals surface area (Å²) in [4.78, 5) is 0. The highest BCUT2D eigenvalue weighted by Gasteiger charge is 2.24. The van der Waals surface area contributed by atoms with Gasteiger partial charge >= 0.3 is 0 Å². The van der Waals surface area contributed by atoms with Crippen LogP contribution in [-0.4, -0.2) is 5.11 Å². The van der Waals surface area contributed by atoms with Gasteiger partial charge in [-0.2, -0.15) is 0 Å². The topological polar surface area (TPSA) is 20.2 Å². The maximum absolute atomic E-state index is 10.4. The van der Waals surface area contributed by atoms with E-state index in [1.54, 1.807) is 0 Å². The van der Waals surface area contributed by atoms with Gasteiger partial charge in [0.2, 0.25) is 0 Å². The van der Waals surface area contributed by atoms with Crippen LogP contribution < -0.4 is 0 Å². The summed E-state index contributed by atoms with van der Waals surface area (Å²) < 4.78 is 0. The van der Waals surface area contributed by atoms with Crippen LogP contribution in [0.4, 0.5) is 0 Å². The Hall–Kier alpha value is -0.980. The van der Waals surface area contributed by atoms with Crippen LogP contribution in [0.1, 0.15) is 103 Å². The molecule has 0 spiro atoms. The number of phenols is 1. The van der Waals surface area contributed by atoms with Crippen molar-refractivity contribution >= 4 is 0 Å². The average Bonchev–Trinajstić information content (AvgIpc) is 2.56. The molecule has 0 amide bonds. The number of hydrogen-bond acceptors (Lipinski definition) is 1. The minimum absolute atomic E-state index is 0.503. The predicted molar refractivity (Wildman–Crippen MR) is 102 cm³/mol. The summed E-state index contributed by atoms with van der Waals surface area (Å²) in [5, 5.41) is 10.4. The van der Waals surface area contributed by atoms with Gasteiger partial charge < -0.3 is 5.11 Å². The fourth-order valence-corrected chi connectivity index (χ4v) is 3.80. The van der Waals surface area contributed by atoms with Crippen LogP contribution in [0, 0.1) is 5.92 Å². The Labute approximate surface area is 144 Å². The van der Waals surface area contributed by atoms with Gasteiger partial charge in [0.1, 0.15) is 5.75 Å². The van der Waals surface area contributed by atoms with Crippen LogP contribution in [0.2, 0.25) is 0 Å². The van der Waals surface area contributed by atoms with Crippen molar-refractivity contribution in [3.05, 3.63) is 29.8 Å². The zero-order valence-corrected chi connectivity index (χ0v) is 15.7. The van der Waals surface area contributed by atoms with Crippen LogP contribution in [0.15, 0.2) is 24.3 Å². The molecule has 0 aliphatic heterocycles. The molecule has 0 aliphatic rings. The van der Waals surface area contributed by atoms with Gasteiger partial charge in [0.15, 0.2) is 0 Å². The van der Waals surface area contributed by atoms with Gasteiger partial charge in [0.05, 0.1) is 0 Å². The lowest BCUT2D eigenvalue weighted by Gasteiger charge is -2.28. The summed E-state index contributed by atoms with van der Waals surface area (Å²) >= 11 is 0. The van der Waals surface area contributed by atoms with E-state index in [1.165, 1.54) is 76.2 Å². The van der Waals surface area contributed by atoms with Crippen LogP contribution in [0.3, 0.4) is 0 Å². The second kappa shape index (κ2) is 12.4. The molecule has 0 bridgehead atoms. The lowest BCUT2D eigenvalue weighted by atomic mass is 9.77. The van der Waals surface area contributed by atoms with E-state index >= 15 is 0 Å². The number of unbranched alkanes of at least 4 members (excludes halogenated alkanes) is 5. The number of aromatic hydroxyl groups is 1. The van der Waals surface area contributed by atoms with Crippen molar-refractivity contribution in [2.45, 2.75) is 97.3 Å². The standard InChI is InChI=1S/C22H38O/c1-4-7-9-10-11-16-20(19(14-6-3)15-8-5-2)21-17-12-13-18-22(21)23/h12-13,17-20,23H,4-11,14-16H2,1-3H3. The molecule has 0 heterocycles. The minimum Gasteiger partial charge on any atom is -0.508 e. The summed E-state index contributed by atoms with van der Waals surface area (Å²) in [7, 11) is 0. The monoisotopic (exact) mass is 318 g/mol. The molecule has 0 aliphatic carbocycles. The number of phenolic OH excluding ortho intramolecular Hbond substituents is 1. The molecular weight excluding hydrogens is 280 g/mol. The largest absolute Gasteiger partial charge is 0.508 e. The fourth-order valence-electron chi connectivity index (χ4n) is 3.80. The van der Waals surface area contributed by atoms with Gasteiger partial charge in [0, 0.05) is 0 Å². The third-order valence-electron chi connectivity index (χ3n) is 5.11. The van der Waals surface area contributed by atoms with Crippen LogP contribution >= 0.6 is 0 Å². The normalized spacial score (nSPS) is 13.9. The Morgan fingerprint density at radius 1 is 0.739 bits per heavy atom. The van der Waals surface area contributed by atoms with Gasteiger partial charge in [-0.3, -0.25) is 0 Å². The molecule has 132 valence electrons. The number of para-hydroxylation sites is 1. The van der Waals surface area contributed by atoms with E-state index in [0.29, 0.717) is 11.7 Å². The maximum atomic E-state index is 10.4. The quantitative estimate of drug-likeness (QED) is 0.375. The predicted octanol–water partition coefficient (Wildman–Crippen LogP) is 7.44. The number of rotatable bonds is 13. The van der Waals surface area contributed by atoms with E-state index in [4.69, 9.17) is 0 Å². The molecule has 2 atom stereocenters. The lowest BCUT2D eigenvalue weighted by Crippen LogP contribution is -2.14. The highest BCUT2D eigenvalue weighted by Crippen LogP contribution is 2.39. The highest BCUT2D eigenvalue weighted by atomic mass is 16.3. The van der Waals surface area contributed by atoms with Gasteiger partial charge in [-0.25, -0.2) is 0 Å². The van der Waals surface area contributed by atoms with E-state index in [1.807, 2.05) is 12.1 Å². The molecule has 1 heteroatoms. The van der Waals surface area contributed by atoms with E-state index in [0.717, 1.165) is 5.92 Å². The zero-order chi connectivity index (χ0) is 16.9. The lowest BCUT2D eigenvalue weighted by molar-refractivity contribution is 0.325. The SMILES string of the molecule is CCCCCCCC(c1ccccc1O)C(CCC)CCCC. The first-order valence-corrected chi connectivity index (χ1v) is 10.0. The van der Waals surface area contributed by atoms with Crippen molar-refractivity contribution in [1.29, 1.82) is 0 Å². The van der Waals surface area contributed by atoms with E-state index in [9.17, 15) is 5.11 Å². The van der Waals surface area contributed by atoms with Gasteiger partial charge in [-0.15, -0.1) is 0 Å². The molecule has 0 aromatic heterocycles. The molecule has 1 aromatic carbocycles. The molecular formula is C22H38O. The number of benzene rings is 1. The van der Waals surface area contributed by atoms with Crippen molar-refractivity contribution in [3.63, 3.8) is 0 Å². The Bertz CT molecular complexity index is 399. The van der Waals surface area contributed by atoms with Gasteiger partial charge in [-0.05, 0) is 36.3 Å². The molecule has 0 fully saturated rings. The molecule has 23 heavy (non-hydrogen) atoms. The van der Waals surface area contributed by atoms with Crippen molar-refractivity contribution < 1.29 is 5.11 Å². The molecule has 0 saturated heterocycles. The first-order chi connectivity index (χ1) is 11.2. The molecule has 2 unspecified atom stereocenters. The van der Waals surface area contributed by atoms with Gasteiger partial charge in [-0.1, -0.05) is 96.8 Å². The summed E-state index contributed by atoms with van der Waals surface area (Å²) in [5.74, 6) is 1.76. The molecule has 0 radical (unpaired) electrons. The first kappa shape index (κ1) is 20.1. The molecule has 1 nitrogen and oxygen atoms in total. The van der Waals surface area contributed by atoms with Crippen LogP contribution in [0.5, 0.6) is 5.75 Å². The summed E-state index contributed by atoms with van der Waals surface area (Å²) in [6, 6.07) is 8.04. The van der Waals surface area contributed by atoms with Crippen molar-refractivity contribution in [2.24, 2.45) is 5.92 Å². The second-order valence-corrected chi connectivity index (χ2v) is 7.06. The number of hydrogen-bond donors (Lipinski definition) is 1. The smallest absolute Gasteiger partial charge is 0.119 e. The third kappa shape index (κ3) is 7.42. The maximum Gasteiger partial charge on any atom is 0.119 e. The molecule has 1 aromatic rings.